The van der Waals surface area contributed by atoms with E-state index in [1.54, 1.807) is 7.05 Å². The summed E-state index contributed by atoms with van der Waals surface area (Å²) in [5.41, 5.74) is 1.16. The van der Waals surface area contributed by atoms with Crippen molar-refractivity contribution in [3.05, 3.63) is 17.1 Å². The van der Waals surface area contributed by atoms with Gasteiger partial charge < -0.3 is 5.32 Å². The maximum Gasteiger partial charge on any atom is 0.204 e. The smallest absolute Gasteiger partial charge is 0.204 e. The Morgan fingerprint density at radius 3 is 3.18 bits per heavy atom. The average Bonchev–Trinajstić information content (AvgIpc) is 2.85. The van der Waals surface area contributed by atoms with Gasteiger partial charge in [0.1, 0.15) is 0 Å². The van der Waals surface area contributed by atoms with E-state index in [0.717, 1.165) is 30.2 Å². The molecule has 0 unspecified atom stereocenters. The van der Waals surface area contributed by atoms with Gasteiger partial charge >= 0.3 is 0 Å². The SMILES string of the molecule is CN=C(NC#N)NCCSCCc1ccsn1. The van der Waals surface area contributed by atoms with Crippen molar-refractivity contribution in [1.82, 2.24) is 15.0 Å². The minimum Gasteiger partial charge on any atom is -0.355 e. The highest BCUT2D eigenvalue weighted by Crippen LogP contribution is 2.06. The third-order valence-corrected chi connectivity index (χ3v) is 3.51. The molecule has 1 aromatic heterocycles. The fraction of sp³-hybridized carbons (Fsp3) is 0.500. The van der Waals surface area contributed by atoms with E-state index in [4.69, 9.17) is 5.26 Å². The van der Waals surface area contributed by atoms with E-state index in [2.05, 4.69) is 26.1 Å². The van der Waals surface area contributed by atoms with E-state index in [1.165, 1.54) is 11.5 Å². The van der Waals surface area contributed by atoms with Crippen LogP contribution < -0.4 is 10.6 Å². The molecule has 1 aromatic rings. The van der Waals surface area contributed by atoms with Crippen LogP contribution in [0.15, 0.2) is 16.4 Å². The molecule has 2 N–H and O–H groups in total. The summed E-state index contributed by atoms with van der Waals surface area (Å²) in [6.07, 6.45) is 2.85. The monoisotopic (exact) mass is 269 g/mol. The van der Waals surface area contributed by atoms with Gasteiger partial charge in [-0.3, -0.25) is 10.3 Å². The Morgan fingerprint density at radius 1 is 1.65 bits per heavy atom. The molecule has 0 bridgehead atoms. The molecule has 0 amide bonds. The lowest BCUT2D eigenvalue weighted by atomic mass is 10.3. The van der Waals surface area contributed by atoms with Crippen molar-refractivity contribution >= 4 is 29.3 Å². The minimum atomic E-state index is 0.521. The number of thioether (sulfide) groups is 1. The molecule has 0 radical (unpaired) electrons. The Hall–Kier alpha value is -1.26. The van der Waals surface area contributed by atoms with E-state index in [9.17, 15) is 0 Å². The predicted octanol–water partition coefficient (Wildman–Crippen LogP) is 1.06. The fourth-order valence-corrected chi connectivity index (χ4v) is 2.49. The van der Waals surface area contributed by atoms with Crippen LogP contribution >= 0.6 is 23.3 Å². The lowest BCUT2D eigenvalue weighted by Crippen LogP contribution is -2.35. The van der Waals surface area contributed by atoms with Crippen molar-refractivity contribution in [2.45, 2.75) is 6.42 Å². The van der Waals surface area contributed by atoms with Crippen LogP contribution in [-0.2, 0) is 6.42 Å². The second kappa shape index (κ2) is 8.84. The van der Waals surface area contributed by atoms with Gasteiger partial charge in [-0.2, -0.15) is 21.4 Å². The highest BCUT2D eigenvalue weighted by molar-refractivity contribution is 7.99. The Kier molecular flexibility index (Phi) is 7.18. The molecule has 1 rings (SSSR count). The van der Waals surface area contributed by atoms with Crippen LogP contribution in [0.5, 0.6) is 0 Å². The summed E-state index contributed by atoms with van der Waals surface area (Å²) in [5.74, 6) is 2.57. The number of aromatic nitrogens is 1. The topological polar surface area (TPSA) is 73.1 Å². The summed E-state index contributed by atoms with van der Waals surface area (Å²) in [7, 11) is 1.64. The molecule has 0 aliphatic rings. The zero-order valence-corrected chi connectivity index (χ0v) is 11.3. The number of hydrogen-bond donors (Lipinski definition) is 2. The Labute approximate surface area is 109 Å². The van der Waals surface area contributed by atoms with E-state index in [0.29, 0.717) is 5.96 Å². The fourth-order valence-electron chi connectivity index (χ4n) is 1.12. The maximum atomic E-state index is 8.42. The van der Waals surface area contributed by atoms with Gasteiger partial charge in [-0.15, -0.1) is 0 Å². The van der Waals surface area contributed by atoms with Crippen molar-refractivity contribution in [2.75, 3.05) is 25.1 Å². The van der Waals surface area contributed by atoms with Crippen LogP contribution in [-0.4, -0.2) is 35.4 Å². The van der Waals surface area contributed by atoms with Gasteiger partial charge in [0.2, 0.25) is 5.96 Å². The summed E-state index contributed by atoms with van der Waals surface area (Å²) >= 11 is 3.35. The molecule has 1 heterocycles. The van der Waals surface area contributed by atoms with E-state index < -0.39 is 0 Å². The first-order chi connectivity index (χ1) is 8.36. The third-order valence-electron chi connectivity index (χ3n) is 1.93. The molecular formula is C10H15N5S2. The molecule has 92 valence electrons. The van der Waals surface area contributed by atoms with Gasteiger partial charge in [0.15, 0.2) is 6.19 Å². The molecule has 0 fully saturated rings. The first-order valence-electron chi connectivity index (χ1n) is 5.19. The van der Waals surface area contributed by atoms with Gasteiger partial charge in [-0.1, -0.05) is 0 Å². The molecule has 0 spiro atoms. The van der Waals surface area contributed by atoms with Crippen LogP contribution in [0.2, 0.25) is 0 Å². The first kappa shape index (κ1) is 13.8. The summed E-state index contributed by atoms with van der Waals surface area (Å²) in [5, 5.41) is 15.9. The second-order valence-corrected chi connectivity index (χ2v) is 4.98. The highest BCUT2D eigenvalue weighted by Gasteiger charge is 1.97. The number of rotatable bonds is 6. The molecule has 5 nitrogen and oxygen atoms in total. The number of nitrogens with one attached hydrogen (secondary N) is 2. The van der Waals surface area contributed by atoms with Crippen molar-refractivity contribution in [1.29, 1.82) is 5.26 Å². The van der Waals surface area contributed by atoms with Crippen LogP contribution in [0.1, 0.15) is 5.69 Å². The largest absolute Gasteiger partial charge is 0.355 e. The van der Waals surface area contributed by atoms with Gasteiger partial charge in [0.25, 0.3) is 0 Å². The average molecular weight is 269 g/mol. The van der Waals surface area contributed by atoms with Crippen molar-refractivity contribution in [3.63, 3.8) is 0 Å². The Bertz CT molecular complexity index is 369. The van der Waals surface area contributed by atoms with Gasteiger partial charge in [0.05, 0.1) is 5.69 Å². The Morgan fingerprint density at radius 2 is 2.53 bits per heavy atom. The number of aliphatic imine (C=N–C) groups is 1. The van der Waals surface area contributed by atoms with Crippen LogP contribution in [0.25, 0.3) is 0 Å². The number of hydrogen-bond acceptors (Lipinski definition) is 5. The van der Waals surface area contributed by atoms with Gasteiger partial charge in [-0.05, 0) is 29.8 Å². The standard InChI is InChI=1S/C10H15N5S2/c1-12-10(14-8-11)13-4-7-16-5-2-9-3-6-17-15-9/h3,6H,2,4-5,7H2,1H3,(H2,12,13,14). The summed E-state index contributed by atoms with van der Waals surface area (Å²) in [6, 6.07) is 2.06. The minimum absolute atomic E-state index is 0.521. The summed E-state index contributed by atoms with van der Waals surface area (Å²) in [4.78, 5) is 3.89. The number of aryl methyl sites for hydroxylation is 1. The molecule has 0 aromatic carbocycles. The molecule has 0 aliphatic carbocycles. The summed E-state index contributed by atoms with van der Waals surface area (Å²) < 4.78 is 4.25. The number of guanidine groups is 1. The van der Waals surface area contributed by atoms with Crippen molar-refractivity contribution in [2.24, 2.45) is 4.99 Å². The lowest BCUT2D eigenvalue weighted by Gasteiger charge is -2.06. The molecule has 0 aliphatic heterocycles. The zero-order valence-electron chi connectivity index (χ0n) is 9.64. The quantitative estimate of drug-likeness (QED) is 0.266. The molecule has 0 saturated heterocycles. The molecule has 0 atom stereocenters. The lowest BCUT2D eigenvalue weighted by molar-refractivity contribution is 0.930. The Balaban J connectivity index is 1.99. The maximum absolute atomic E-state index is 8.42. The molecule has 17 heavy (non-hydrogen) atoms. The normalized spacial score (nSPS) is 10.9. The number of nitrogens with zero attached hydrogens (tertiary/aromatic N) is 3. The van der Waals surface area contributed by atoms with E-state index in [1.807, 2.05) is 23.3 Å². The van der Waals surface area contributed by atoms with Crippen LogP contribution in [0.3, 0.4) is 0 Å². The first-order valence-corrected chi connectivity index (χ1v) is 7.18. The predicted molar refractivity (Wildman–Crippen MR) is 73.3 cm³/mol. The summed E-state index contributed by atoms with van der Waals surface area (Å²) in [6.45, 7) is 0.795. The van der Waals surface area contributed by atoms with Gasteiger partial charge in [-0.25, -0.2) is 0 Å². The molecular weight excluding hydrogens is 254 g/mol. The second-order valence-electron chi connectivity index (χ2n) is 3.09. The van der Waals surface area contributed by atoms with Crippen LogP contribution in [0.4, 0.5) is 0 Å². The van der Waals surface area contributed by atoms with E-state index >= 15 is 0 Å². The van der Waals surface area contributed by atoms with Crippen LogP contribution in [0, 0.1) is 11.5 Å². The zero-order chi connectivity index (χ0) is 12.3. The van der Waals surface area contributed by atoms with E-state index in [-0.39, 0.29) is 0 Å². The number of nitriles is 1. The van der Waals surface area contributed by atoms with Gasteiger partial charge in [0, 0.05) is 24.7 Å². The van der Waals surface area contributed by atoms with Crippen molar-refractivity contribution < 1.29 is 0 Å². The molecule has 7 heteroatoms. The third kappa shape index (κ3) is 6.14. The van der Waals surface area contributed by atoms with Crippen molar-refractivity contribution in [3.8, 4) is 6.19 Å². The highest BCUT2D eigenvalue weighted by atomic mass is 32.2. The molecule has 0 saturated carbocycles.